The van der Waals surface area contributed by atoms with Gasteiger partial charge in [0.1, 0.15) is 0 Å². The second-order valence-corrected chi connectivity index (χ2v) is 29.3. The molecule has 550 valence electrons. The van der Waals surface area contributed by atoms with Crippen molar-refractivity contribution < 1.29 is 86.4 Å². The van der Waals surface area contributed by atoms with Gasteiger partial charge < -0.3 is 30.6 Å². The van der Waals surface area contributed by atoms with Crippen LogP contribution in [-0.2, 0) is 36.8 Å². The third-order valence-electron chi connectivity index (χ3n) is 17.2. The Bertz CT molecular complexity index is 1560. The number of carbonyl (C=O) groups is 2. The second kappa shape index (κ2) is 78.9. The zero-order valence-electron chi connectivity index (χ0n) is 62.5. The fourth-order valence-electron chi connectivity index (χ4n) is 11.2. The maximum atomic E-state index is 12.8. The molecular formula is C76H153N2NaO12P2. The maximum absolute atomic E-state index is 12.8. The topological polar surface area (TPSA) is 213 Å². The summed E-state index contributed by atoms with van der Waals surface area (Å²) in [4.78, 5) is 45.4. The number of allylic oxidation sites excluding steroid dienone is 2. The minimum Gasteiger partial charge on any atom is -0.857 e. The van der Waals surface area contributed by atoms with E-state index < -0.39 is 27.8 Å². The quantitative estimate of drug-likeness (QED) is 0.0167. The van der Waals surface area contributed by atoms with Crippen LogP contribution in [0.25, 0.3) is 0 Å². The first-order valence-corrected chi connectivity index (χ1v) is 42.0. The van der Waals surface area contributed by atoms with E-state index in [0.717, 1.165) is 58.5 Å². The Morgan fingerprint density at radius 2 is 0.602 bits per heavy atom. The predicted molar refractivity (Wildman–Crippen MR) is 390 cm³/mol. The Balaban J connectivity index is -0.000000821. The van der Waals surface area contributed by atoms with Gasteiger partial charge in [-0.2, -0.15) is 7.11 Å². The van der Waals surface area contributed by atoms with Gasteiger partial charge in [-0.1, -0.05) is 355 Å². The molecule has 0 aromatic carbocycles. The Labute approximate surface area is 597 Å². The average Bonchev–Trinajstić information content (AvgIpc) is 2.49. The van der Waals surface area contributed by atoms with Crippen LogP contribution >= 0.6 is 15.6 Å². The van der Waals surface area contributed by atoms with Crippen molar-refractivity contribution in [3.8, 4) is 0 Å². The summed E-state index contributed by atoms with van der Waals surface area (Å²) >= 11 is 0. The molecule has 2 amide bonds. The number of phosphoric ester groups is 2. The van der Waals surface area contributed by atoms with Crippen molar-refractivity contribution in [1.82, 2.24) is 10.6 Å². The number of carbonyl (C=O) groups excluding carboxylic acids is 2. The number of phosphoric acid groups is 2. The van der Waals surface area contributed by atoms with Crippen LogP contribution in [0.2, 0.25) is 0 Å². The number of aliphatic hydroxyl groups excluding tert-OH is 1. The standard InChI is InChI=1S/C38H76NO5P.C37H74NO6P.CH3O.Na/c1-5-8-10-12-14-16-18-20-22-24-26-28-30-32-36(4)37(35-44-45(41,42)43-34-7-3)39-38(40)33-31-29-27-25-23-21-19-17-15-13-11-9-6-2;1-4-7-9-11-13-15-17-19-21-23-25-27-29-31-36(39)35(34-44-45(41,42)43-33-6-3)38-37(40)32-30-28-26-24-22-20-18-16-14-12-10-8-5-2;1-2;/h30,32,36-37H,5-29,31,33-35H2,1-4H3,(H,39,40)(H,41,42);29,31,35-36,39H,4-28,30,32-34H2,1-3H3,(H,38,40)(H,41,42);1H3;/q;;-1;+1/b32-30+;31-29+;;/t36-,37+;35-,36+;;/m10../s1. The monoisotopic (exact) mass is 1370 g/mol. The van der Waals surface area contributed by atoms with Gasteiger partial charge in [0.15, 0.2) is 0 Å². The average molecular weight is 1370 g/mol. The van der Waals surface area contributed by atoms with Crippen molar-refractivity contribution in [2.75, 3.05) is 33.5 Å². The van der Waals surface area contributed by atoms with E-state index in [0.29, 0.717) is 25.7 Å². The van der Waals surface area contributed by atoms with E-state index in [1.165, 1.54) is 270 Å². The molecule has 0 aromatic heterocycles. The molecule has 0 aliphatic carbocycles. The summed E-state index contributed by atoms with van der Waals surface area (Å²) in [6.45, 7) is 14.7. The molecule has 0 bridgehead atoms. The Morgan fingerprint density at radius 1 is 0.366 bits per heavy atom. The van der Waals surface area contributed by atoms with Crippen molar-refractivity contribution >= 4 is 27.5 Å². The van der Waals surface area contributed by atoms with Gasteiger partial charge in [0.05, 0.1) is 44.6 Å². The second-order valence-electron chi connectivity index (χ2n) is 26.4. The van der Waals surface area contributed by atoms with E-state index in [2.05, 4.69) is 50.5 Å². The molecule has 93 heavy (non-hydrogen) atoms. The first-order valence-electron chi connectivity index (χ1n) is 39.0. The van der Waals surface area contributed by atoms with Gasteiger partial charge in [-0.3, -0.25) is 27.7 Å². The molecule has 2 unspecified atom stereocenters. The fraction of sp³-hybridized carbons (Fsp3) is 0.921. The molecule has 0 saturated carbocycles. The van der Waals surface area contributed by atoms with Crippen LogP contribution in [0.1, 0.15) is 395 Å². The van der Waals surface area contributed by atoms with E-state index in [-0.39, 0.29) is 79.8 Å². The van der Waals surface area contributed by atoms with Gasteiger partial charge in [-0.05, 0) is 57.3 Å². The van der Waals surface area contributed by atoms with Crippen LogP contribution in [0.4, 0.5) is 0 Å². The van der Waals surface area contributed by atoms with Crippen molar-refractivity contribution in [3.05, 3.63) is 24.3 Å². The third kappa shape index (κ3) is 77.2. The summed E-state index contributed by atoms with van der Waals surface area (Å²) in [6, 6.07) is -1.20. The van der Waals surface area contributed by atoms with Gasteiger partial charge >= 0.3 is 45.2 Å². The number of hydrogen-bond donors (Lipinski definition) is 5. The van der Waals surface area contributed by atoms with E-state index in [1.807, 2.05) is 26.8 Å². The minimum atomic E-state index is -4.24. The molecular weight excluding hydrogens is 1220 g/mol. The summed E-state index contributed by atoms with van der Waals surface area (Å²) in [6.07, 6.45) is 72.4. The summed E-state index contributed by atoms with van der Waals surface area (Å²) in [5, 5.41) is 25.0. The van der Waals surface area contributed by atoms with Gasteiger partial charge in [-0.25, -0.2) is 9.13 Å². The van der Waals surface area contributed by atoms with Crippen LogP contribution < -0.4 is 45.3 Å². The fourth-order valence-corrected chi connectivity index (χ4v) is 12.9. The zero-order valence-corrected chi connectivity index (χ0v) is 66.3. The summed E-state index contributed by atoms with van der Waals surface area (Å²) in [5.74, 6) is -0.203. The number of hydrogen-bond acceptors (Lipinski definition) is 10. The van der Waals surface area contributed by atoms with Gasteiger partial charge in [0, 0.05) is 12.8 Å². The number of nitrogens with one attached hydrogen (secondary N) is 2. The molecule has 0 rings (SSSR count). The minimum absolute atomic E-state index is 0. The molecule has 0 saturated heterocycles. The van der Waals surface area contributed by atoms with Crippen molar-refractivity contribution in [2.24, 2.45) is 5.92 Å². The third-order valence-corrected chi connectivity index (χ3v) is 19.2. The van der Waals surface area contributed by atoms with Gasteiger partial charge in [0.2, 0.25) is 11.8 Å². The largest absolute Gasteiger partial charge is 1.00 e. The first kappa shape index (κ1) is 98.9. The van der Waals surface area contributed by atoms with E-state index >= 15 is 0 Å². The smallest absolute Gasteiger partial charge is 0.857 e. The van der Waals surface area contributed by atoms with Crippen LogP contribution in [0.3, 0.4) is 0 Å². The molecule has 0 heterocycles. The Morgan fingerprint density at radius 3 is 0.882 bits per heavy atom. The summed E-state index contributed by atoms with van der Waals surface area (Å²) in [5.41, 5.74) is 0. The Hall–Kier alpha value is -0.440. The molecule has 14 nitrogen and oxygen atoms in total. The molecule has 0 aromatic rings. The molecule has 0 fully saturated rings. The molecule has 5 N–H and O–H groups in total. The number of rotatable bonds is 70. The molecule has 0 radical (unpaired) electrons. The first-order chi connectivity index (χ1) is 44.7. The summed E-state index contributed by atoms with van der Waals surface area (Å²) < 4.78 is 44.8. The Kier molecular flexibility index (Phi) is 83.9. The SMILES string of the molecule is CCCCCCCCCCCCC/C=C/[C@@H](C)[C@H](COP(=O)(O)OCCC)NC(=O)CCCCCCCCCCCCCCC.CCCCCCCCCCCCC/C=C/[C@@H](O)[C@H](COP(=O)(O)OCCC)NC(=O)CCCCCCCCCCCCCCC.C[O-].[Na+]. The van der Waals surface area contributed by atoms with E-state index in [4.69, 9.17) is 23.2 Å². The van der Waals surface area contributed by atoms with Crippen LogP contribution in [0.5, 0.6) is 0 Å². The van der Waals surface area contributed by atoms with Crippen LogP contribution in [0, 0.1) is 5.92 Å². The normalized spacial score (nSPS) is 14.1. The maximum Gasteiger partial charge on any atom is 1.00 e. The molecule has 6 atom stereocenters. The predicted octanol–water partition coefficient (Wildman–Crippen LogP) is 19.5. The van der Waals surface area contributed by atoms with Crippen LogP contribution in [-0.4, -0.2) is 78.4 Å². The van der Waals surface area contributed by atoms with Gasteiger partial charge in [0.25, 0.3) is 0 Å². The van der Waals surface area contributed by atoms with E-state index in [1.54, 1.807) is 6.08 Å². The molecule has 0 spiro atoms. The number of unbranched alkanes of at least 4 members (excludes halogenated alkanes) is 46. The van der Waals surface area contributed by atoms with Crippen molar-refractivity contribution in [2.45, 2.75) is 413 Å². The number of aliphatic hydroxyl groups is 1. The zero-order chi connectivity index (χ0) is 68.5. The van der Waals surface area contributed by atoms with Crippen LogP contribution in [0.15, 0.2) is 24.3 Å². The number of amides is 2. The van der Waals surface area contributed by atoms with E-state index in [9.17, 15) is 33.6 Å². The van der Waals surface area contributed by atoms with Gasteiger partial charge in [-0.15, -0.1) is 0 Å². The molecule has 17 heteroatoms. The van der Waals surface area contributed by atoms with Crippen molar-refractivity contribution in [1.29, 1.82) is 0 Å². The van der Waals surface area contributed by atoms with Crippen molar-refractivity contribution in [3.63, 3.8) is 0 Å². The summed E-state index contributed by atoms with van der Waals surface area (Å²) in [7, 11) is -7.63. The molecule has 0 aliphatic heterocycles. The molecule has 0 aliphatic rings.